The van der Waals surface area contributed by atoms with Gasteiger partial charge in [-0.15, -0.1) is 0 Å². The molecule has 7 nitrogen and oxygen atoms in total. The van der Waals surface area contributed by atoms with Gasteiger partial charge in [0.1, 0.15) is 5.75 Å². The third kappa shape index (κ3) is 4.30. The second-order valence-corrected chi connectivity index (χ2v) is 6.64. The van der Waals surface area contributed by atoms with E-state index in [0.29, 0.717) is 12.3 Å². The lowest BCUT2D eigenvalue weighted by atomic mass is 9.94. The number of anilines is 1. The number of fused-ring (bicyclic) bond motifs is 1. The number of carbonyl (C=O) groups excluding carboxylic acids is 1. The van der Waals surface area contributed by atoms with Gasteiger partial charge >= 0.3 is 6.03 Å². The minimum absolute atomic E-state index is 0.0348. The highest BCUT2D eigenvalue weighted by atomic mass is 16.5. The van der Waals surface area contributed by atoms with E-state index in [-0.39, 0.29) is 18.0 Å². The molecule has 7 heteroatoms. The van der Waals surface area contributed by atoms with E-state index in [0.717, 1.165) is 24.4 Å². The summed E-state index contributed by atoms with van der Waals surface area (Å²) < 4.78 is 7.51. The Morgan fingerprint density at radius 2 is 2.24 bits per heavy atom. The van der Waals surface area contributed by atoms with Crippen LogP contribution in [0.25, 0.3) is 0 Å². The van der Waals surface area contributed by atoms with Crippen molar-refractivity contribution in [2.75, 3.05) is 32.6 Å². The number of nitrogens with one attached hydrogen (secondary N) is 2. The highest BCUT2D eigenvalue weighted by Gasteiger charge is 2.29. The summed E-state index contributed by atoms with van der Waals surface area (Å²) >= 11 is 0. The van der Waals surface area contributed by atoms with Crippen LogP contribution in [0.4, 0.5) is 10.5 Å². The number of rotatable bonds is 6. The first-order chi connectivity index (χ1) is 12.0. The molecule has 2 aromatic rings. The van der Waals surface area contributed by atoms with Crippen LogP contribution in [-0.2, 0) is 6.54 Å². The van der Waals surface area contributed by atoms with Crippen LogP contribution < -0.4 is 15.4 Å². The molecular formula is C18H25N5O2. The second-order valence-electron chi connectivity index (χ2n) is 6.64. The van der Waals surface area contributed by atoms with E-state index >= 15 is 0 Å². The predicted octanol–water partition coefficient (Wildman–Crippen LogP) is 2.13. The summed E-state index contributed by atoms with van der Waals surface area (Å²) in [5, 5.41) is 10.1. The van der Waals surface area contributed by atoms with Crippen molar-refractivity contribution in [3.05, 3.63) is 42.2 Å². The largest absolute Gasteiger partial charge is 0.493 e. The van der Waals surface area contributed by atoms with Gasteiger partial charge in [0.2, 0.25) is 0 Å². The Balaban J connectivity index is 1.53. The van der Waals surface area contributed by atoms with Gasteiger partial charge in [-0.25, -0.2) is 4.79 Å². The number of nitrogens with zero attached hydrogens (tertiary/aromatic N) is 3. The summed E-state index contributed by atoms with van der Waals surface area (Å²) in [6.07, 6.45) is 3.50. The lowest BCUT2D eigenvalue weighted by Crippen LogP contribution is -2.40. The molecule has 3 rings (SSSR count). The third-order valence-corrected chi connectivity index (χ3v) is 4.37. The van der Waals surface area contributed by atoms with Crippen LogP contribution in [0.5, 0.6) is 5.75 Å². The maximum absolute atomic E-state index is 12.3. The summed E-state index contributed by atoms with van der Waals surface area (Å²) in [6, 6.07) is 7.70. The van der Waals surface area contributed by atoms with Crippen molar-refractivity contribution < 1.29 is 9.53 Å². The van der Waals surface area contributed by atoms with Crippen LogP contribution >= 0.6 is 0 Å². The average Bonchev–Trinajstić information content (AvgIpc) is 3.19. The SMILES string of the molecule is C[C@H](NC(=O)Nc1cnn(CCN(C)C)c1)[C@H]1COc2ccccc21. The van der Waals surface area contributed by atoms with Gasteiger partial charge in [0.05, 0.1) is 25.0 Å². The number of ether oxygens (including phenoxy) is 1. The predicted molar refractivity (Wildman–Crippen MR) is 97.1 cm³/mol. The summed E-state index contributed by atoms with van der Waals surface area (Å²) in [5.74, 6) is 1.06. The van der Waals surface area contributed by atoms with Crippen LogP contribution in [0.2, 0.25) is 0 Å². The minimum Gasteiger partial charge on any atom is -0.493 e. The Morgan fingerprint density at radius 3 is 3.04 bits per heavy atom. The van der Waals surface area contributed by atoms with Crippen molar-refractivity contribution in [3.63, 3.8) is 0 Å². The molecule has 2 atom stereocenters. The summed E-state index contributed by atoms with van der Waals surface area (Å²) in [7, 11) is 4.03. The molecule has 2 amide bonds. The number of amides is 2. The van der Waals surface area contributed by atoms with Crippen LogP contribution in [0.3, 0.4) is 0 Å². The summed E-state index contributed by atoms with van der Waals surface area (Å²) in [4.78, 5) is 14.3. The normalized spacial score (nSPS) is 17.0. The molecule has 0 saturated carbocycles. The maximum Gasteiger partial charge on any atom is 0.319 e. The molecule has 1 aromatic carbocycles. The summed E-state index contributed by atoms with van der Waals surface area (Å²) in [6.45, 7) is 4.26. The molecule has 0 fully saturated rings. The van der Waals surface area contributed by atoms with Gasteiger partial charge in [-0.2, -0.15) is 5.10 Å². The topological polar surface area (TPSA) is 71.4 Å². The molecule has 0 saturated heterocycles. The van der Waals surface area contributed by atoms with Crippen LogP contribution in [0.1, 0.15) is 18.4 Å². The molecule has 25 heavy (non-hydrogen) atoms. The van der Waals surface area contributed by atoms with Gasteiger partial charge in [0.15, 0.2) is 0 Å². The monoisotopic (exact) mass is 343 g/mol. The van der Waals surface area contributed by atoms with Crippen molar-refractivity contribution in [2.45, 2.75) is 25.4 Å². The third-order valence-electron chi connectivity index (χ3n) is 4.37. The van der Waals surface area contributed by atoms with Crippen LogP contribution in [0, 0.1) is 0 Å². The molecular weight excluding hydrogens is 318 g/mol. The van der Waals surface area contributed by atoms with E-state index in [9.17, 15) is 4.79 Å². The Morgan fingerprint density at radius 1 is 1.44 bits per heavy atom. The molecule has 134 valence electrons. The highest BCUT2D eigenvalue weighted by Crippen LogP contribution is 2.35. The number of benzene rings is 1. The van der Waals surface area contributed by atoms with Gasteiger partial charge in [-0.1, -0.05) is 18.2 Å². The van der Waals surface area contributed by atoms with Crippen LogP contribution in [-0.4, -0.2) is 54.0 Å². The lowest BCUT2D eigenvalue weighted by Gasteiger charge is -2.20. The van der Waals surface area contributed by atoms with Crippen molar-refractivity contribution in [1.29, 1.82) is 0 Å². The van der Waals surface area contributed by atoms with E-state index in [1.54, 1.807) is 6.20 Å². The fourth-order valence-electron chi connectivity index (χ4n) is 2.93. The zero-order chi connectivity index (χ0) is 17.8. The molecule has 1 aromatic heterocycles. The second kappa shape index (κ2) is 7.57. The van der Waals surface area contributed by atoms with E-state index in [1.165, 1.54) is 0 Å². The Bertz CT molecular complexity index is 728. The number of carbonyl (C=O) groups is 1. The molecule has 1 aliphatic heterocycles. The van der Waals surface area contributed by atoms with Crippen molar-refractivity contribution in [1.82, 2.24) is 20.0 Å². The van der Waals surface area contributed by atoms with Crippen molar-refractivity contribution in [2.24, 2.45) is 0 Å². The van der Waals surface area contributed by atoms with Crippen molar-refractivity contribution in [3.8, 4) is 5.75 Å². The van der Waals surface area contributed by atoms with E-state index in [2.05, 4.69) is 26.7 Å². The fourth-order valence-corrected chi connectivity index (χ4v) is 2.93. The molecule has 0 bridgehead atoms. The molecule has 0 spiro atoms. The average molecular weight is 343 g/mol. The van der Waals surface area contributed by atoms with Gasteiger partial charge in [0.25, 0.3) is 0 Å². The molecule has 0 radical (unpaired) electrons. The maximum atomic E-state index is 12.3. The zero-order valence-corrected chi connectivity index (χ0v) is 14.9. The number of hydrogen-bond acceptors (Lipinski definition) is 4. The number of urea groups is 1. The van der Waals surface area contributed by atoms with Gasteiger partial charge in [-0.3, -0.25) is 4.68 Å². The smallest absolute Gasteiger partial charge is 0.319 e. The number of aromatic nitrogens is 2. The standard InChI is InChI=1S/C18H25N5O2/c1-13(16-12-25-17-7-5-4-6-15(16)17)20-18(24)21-14-10-19-23(11-14)9-8-22(2)3/h4-7,10-11,13,16H,8-9,12H2,1-3H3,(H2,20,21,24)/t13-,16+/m0/s1. The fraction of sp³-hybridized carbons (Fsp3) is 0.444. The van der Waals surface area contributed by atoms with E-state index in [1.807, 2.05) is 50.1 Å². The molecule has 0 unspecified atom stereocenters. The Labute approximate surface area is 148 Å². The van der Waals surface area contributed by atoms with Gasteiger partial charge < -0.3 is 20.3 Å². The van der Waals surface area contributed by atoms with Gasteiger partial charge in [0, 0.05) is 30.3 Å². The zero-order valence-electron chi connectivity index (χ0n) is 14.9. The summed E-state index contributed by atoms with van der Waals surface area (Å²) in [5.41, 5.74) is 1.83. The minimum atomic E-state index is -0.232. The van der Waals surface area contributed by atoms with E-state index in [4.69, 9.17) is 4.74 Å². The Hall–Kier alpha value is -2.54. The quantitative estimate of drug-likeness (QED) is 0.843. The number of hydrogen-bond donors (Lipinski definition) is 2. The van der Waals surface area contributed by atoms with E-state index < -0.39 is 0 Å². The first kappa shape index (κ1) is 17.3. The first-order valence-corrected chi connectivity index (χ1v) is 8.49. The van der Waals surface area contributed by atoms with Crippen LogP contribution in [0.15, 0.2) is 36.7 Å². The molecule has 1 aliphatic rings. The molecule has 0 aliphatic carbocycles. The van der Waals surface area contributed by atoms with Gasteiger partial charge in [-0.05, 0) is 27.1 Å². The molecule has 2 N–H and O–H groups in total. The number of para-hydroxylation sites is 1. The first-order valence-electron chi connectivity index (χ1n) is 8.49. The van der Waals surface area contributed by atoms with Crippen molar-refractivity contribution >= 4 is 11.7 Å². The highest BCUT2D eigenvalue weighted by molar-refractivity contribution is 5.89. The molecule has 2 heterocycles. The Kier molecular flexibility index (Phi) is 5.23. The number of likely N-dealkylation sites (N-methyl/N-ethyl adjacent to an activating group) is 1. The lowest BCUT2D eigenvalue weighted by molar-refractivity contribution is 0.244.